The van der Waals surface area contributed by atoms with Gasteiger partial charge in [-0.2, -0.15) is 0 Å². The van der Waals surface area contributed by atoms with Crippen LogP contribution < -0.4 is 0 Å². The van der Waals surface area contributed by atoms with Crippen LogP contribution in [0.25, 0.3) is 0 Å². The number of carbonyl (C=O) groups excluding carboxylic acids is 3. The molecular weight excluding hydrogens is 901 g/mol. The lowest BCUT2D eigenvalue weighted by atomic mass is 10.1. The van der Waals surface area contributed by atoms with E-state index in [4.69, 9.17) is 14.2 Å². The summed E-state index contributed by atoms with van der Waals surface area (Å²) >= 11 is 0. The quantitative estimate of drug-likeness (QED) is 0.0261. The minimum absolute atomic E-state index is 0.0861. The van der Waals surface area contributed by atoms with Crippen molar-refractivity contribution in [3.05, 3.63) is 97.2 Å². The lowest BCUT2D eigenvalue weighted by molar-refractivity contribution is -0.167. The predicted molar refractivity (Wildman–Crippen MR) is 316 cm³/mol. The Morgan fingerprint density at radius 3 is 0.849 bits per heavy atom. The van der Waals surface area contributed by atoms with Gasteiger partial charge in [0, 0.05) is 19.3 Å². The van der Waals surface area contributed by atoms with Gasteiger partial charge >= 0.3 is 17.9 Å². The molecule has 1 unspecified atom stereocenters. The van der Waals surface area contributed by atoms with Crippen LogP contribution in [0.2, 0.25) is 0 Å². The van der Waals surface area contributed by atoms with E-state index in [-0.39, 0.29) is 31.1 Å². The van der Waals surface area contributed by atoms with Crippen LogP contribution in [0.3, 0.4) is 0 Å². The predicted octanol–water partition coefficient (Wildman–Crippen LogP) is 20.9. The fourth-order valence-electron chi connectivity index (χ4n) is 8.50. The van der Waals surface area contributed by atoms with Crippen LogP contribution in [0.1, 0.15) is 290 Å². The van der Waals surface area contributed by atoms with Crippen LogP contribution in [-0.4, -0.2) is 37.2 Å². The van der Waals surface area contributed by atoms with Crippen molar-refractivity contribution in [1.29, 1.82) is 0 Å². The number of carbonyl (C=O) groups is 3. The lowest BCUT2D eigenvalue weighted by Gasteiger charge is -2.18. The summed E-state index contributed by atoms with van der Waals surface area (Å²) in [6.07, 6.45) is 81.1. The molecule has 0 spiro atoms. The third-order valence-electron chi connectivity index (χ3n) is 13.1. The molecule has 0 fully saturated rings. The number of allylic oxidation sites excluding steroid dienone is 16. The maximum absolute atomic E-state index is 12.9. The van der Waals surface area contributed by atoms with Crippen LogP contribution in [0.15, 0.2) is 97.2 Å². The maximum atomic E-state index is 12.9. The van der Waals surface area contributed by atoms with E-state index in [1.54, 1.807) is 0 Å². The molecule has 6 heteroatoms. The van der Waals surface area contributed by atoms with Gasteiger partial charge in [-0.3, -0.25) is 14.4 Å². The third kappa shape index (κ3) is 59.1. The van der Waals surface area contributed by atoms with Crippen molar-refractivity contribution in [2.45, 2.75) is 297 Å². The van der Waals surface area contributed by atoms with Gasteiger partial charge in [-0.05, 0) is 116 Å². The molecule has 1 atom stereocenters. The Morgan fingerprint density at radius 2 is 0.534 bits per heavy atom. The average Bonchev–Trinajstić information content (AvgIpc) is 3.39. The number of hydrogen-bond acceptors (Lipinski definition) is 6. The zero-order valence-electron chi connectivity index (χ0n) is 47.9. The number of hydrogen-bond donors (Lipinski definition) is 0. The Morgan fingerprint density at radius 1 is 0.288 bits per heavy atom. The van der Waals surface area contributed by atoms with Crippen LogP contribution >= 0.6 is 0 Å². The highest BCUT2D eigenvalue weighted by Gasteiger charge is 2.19. The van der Waals surface area contributed by atoms with Crippen molar-refractivity contribution in [3.8, 4) is 0 Å². The van der Waals surface area contributed by atoms with Crippen molar-refractivity contribution >= 4 is 17.9 Å². The fourth-order valence-corrected chi connectivity index (χ4v) is 8.50. The molecule has 0 saturated heterocycles. The largest absolute Gasteiger partial charge is 0.462 e. The summed E-state index contributed by atoms with van der Waals surface area (Å²) in [5.41, 5.74) is 0. The zero-order valence-corrected chi connectivity index (χ0v) is 47.9. The van der Waals surface area contributed by atoms with Crippen LogP contribution in [0.4, 0.5) is 0 Å². The second-order valence-electron chi connectivity index (χ2n) is 20.2. The first-order chi connectivity index (χ1) is 36.0. The van der Waals surface area contributed by atoms with E-state index < -0.39 is 6.10 Å². The highest BCUT2D eigenvalue weighted by Crippen LogP contribution is 2.15. The summed E-state index contributed by atoms with van der Waals surface area (Å²) in [6, 6.07) is 0. The van der Waals surface area contributed by atoms with E-state index in [9.17, 15) is 14.4 Å². The van der Waals surface area contributed by atoms with Crippen LogP contribution in [0.5, 0.6) is 0 Å². The van der Waals surface area contributed by atoms with Gasteiger partial charge in [-0.25, -0.2) is 0 Å². The van der Waals surface area contributed by atoms with E-state index in [0.29, 0.717) is 19.3 Å². The van der Waals surface area contributed by atoms with E-state index >= 15 is 0 Å². The lowest BCUT2D eigenvalue weighted by Crippen LogP contribution is -2.30. The monoisotopic (exact) mass is 1010 g/mol. The summed E-state index contributed by atoms with van der Waals surface area (Å²) in [4.78, 5) is 38.3. The van der Waals surface area contributed by atoms with E-state index in [0.717, 1.165) is 116 Å². The second kappa shape index (κ2) is 60.9. The first-order valence-electron chi connectivity index (χ1n) is 30.7. The normalized spacial score (nSPS) is 12.8. The average molecular weight is 1020 g/mol. The fraction of sp³-hybridized carbons (Fsp3) is 0.716. The SMILES string of the molecule is CC/C=C\C/C=C\C/C=C\C/C=C\CCCCCCCCCCC(=O)OCC(COC(=O)CCCCCCCCC/C=C\CCCCCCCC)OC(=O)CCCCCCCCC/C=C\C/C=C\C/C=C\CC. The molecule has 0 aliphatic heterocycles. The molecule has 0 heterocycles. The number of esters is 3. The summed E-state index contributed by atoms with van der Waals surface area (Å²) in [5.74, 6) is -0.900. The van der Waals surface area contributed by atoms with Gasteiger partial charge in [0.1, 0.15) is 13.2 Å². The maximum Gasteiger partial charge on any atom is 0.306 e. The minimum atomic E-state index is -0.790. The van der Waals surface area contributed by atoms with Crippen molar-refractivity contribution in [1.82, 2.24) is 0 Å². The smallest absolute Gasteiger partial charge is 0.306 e. The summed E-state index contributed by atoms with van der Waals surface area (Å²) < 4.78 is 16.9. The van der Waals surface area contributed by atoms with Gasteiger partial charge in [0.05, 0.1) is 0 Å². The number of ether oxygens (including phenoxy) is 3. The van der Waals surface area contributed by atoms with E-state index in [1.165, 1.54) is 135 Å². The van der Waals surface area contributed by atoms with E-state index in [2.05, 4.69) is 118 Å². The molecule has 73 heavy (non-hydrogen) atoms. The Kier molecular flexibility index (Phi) is 57.8. The molecular formula is C67H114O6. The Balaban J connectivity index is 4.41. The van der Waals surface area contributed by atoms with Gasteiger partial charge < -0.3 is 14.2 Å². The topological polar surface area (TPSA) is 78.9 Å². The standard InChI is InChI=1S/C67H114O6/c1-4-7-10-13-16-19-22-25-28-31-32-33-34-37-39-42-45-48-51-54-57-60-66(69)72-63-64(73-67(70)61-58-55-52-49-46-43-40-36-30-27-24-21-18-15-12-9-6-3)62-71-65(68)59-56-53-50-47-44-41-38-35-29-26-23-20-17-14-11-8-5-2/h7,9-10,12,16,18-19,21,25-30,32-33,64H,4-6,8,11,13-15,17,20,22-24,31,34-63H2,1-3H3/b10-7-,12-9-,19-16-,21-18-,28-25-,29-26-,30-27-,33-32-. The number of rotatable bonds is 55. The Labute approximate surface area is 451 Å². The Bertz CT molecular complexity index is 1440. The molecule has 0 aliphatic carbocycles. The molecule has 0 aromatic rings. The Hall–Kier alpha value is -3.67. The summed E-state index contributed by atoms with van der Waals surface area (Å²) in [7, 11) is 0. The van der Waals surface area contributed by atoms with Gasteiger partial charge in [-0.1, -0.05) is 253 Å². The molecule has 0 amide bonds. The summed E-state index contributed by atoms with van der Waals surface area (Å²) in [5, 5.41) is 0. The van der Waals surface area contributed by atoms with Gasteiger partial charge in [-0.15, -0.1) is 0 Å². The van der Waals surface area contributed by atoms with Crippen LogP contribution in [0, 0.1) is 0 Å². The van der Waals surface area contributed by atoms with Gasteiger partial charge in [0.25, 0.3) is 0 Å². The van der Waals surface area contributed by atoms with Gasteiger partial charge in [0.2, 0.25) is 0 Å². The molecule has 0 rings (SSSR count). The molecule has 0 aliphatic rings. The molecule has 0 aromatic carbocycles. The third-order valence-corrected chi connectivity index (χ3v) is 13.1. The molecule has 0 bridgehead atoms. The highest BCUT2D eigenvalue weighted by atomic mass is 16.6. The number of unbranched alkanes of at least 4 members (excludes halogenated alkanes) is 28. The highest BCUT2D eigenvalue weighted by molar-refractivity contribution is 5.71. The first-order valence-corrected chi connectivity index (χ1v) is 30.7. The van der Waals surface area contributed by atoms with Crippen molar-refractivity contribution < 1.29 is 28.6 Å². The van der Waals surface area contributed by atoms with Crippen molar-refractivity contribution in [2.75, 3.05) is 13.2 Å². The van der Waals surface area contributed by atoms with Crippen LogP contribution in [-0.2, 0) is 28.6 Å². The second-order valence-corrected chi connectivity index (χ2v) is 20.2. The van der Waals surface area contributed by atoms with Gasteiger partial charge in [0.15, 0.2) is 6.10 Å². The molecule has 0 saturated carbocycles. The summed E-state index contributed by atoms with van der Waals surface area (Å²) in [6.45, 7) is 6.42. The van der Waals surface area contributed by atoms with Crippen molar-refractivity contribution in [3.63, 3.8) is 0 Å². The van der Waals surface area contributed by atoms with Crippen molar-refractivity contribution in [2.24, 2.45) is 0 Å². The molecule has 0 radical (unpaired) electrons. The first kappa shape index (κ1) is 69.3. The van der Waals surface area contributed by atoms with E-state index in [1.807, 2.05) is 0 Å². The molecule has 6 nitrogen and oxygen atoms in total. The minimum Gasteiger partial charge on any atom is -0.462 e. The molecule has 0 aromatic heterocycles. The molecule has 0 N–H and O–H groups in total. The molecule has 418 valence electrons. The zero-order chi connectivity index (χ0) is 52.9.